The molecule has 0 aliphatic heterocycles. The molecule has 1 aromatic rings. The Morgan fingerprint density at radius 3 is 2.21 bits per heavy atom. The highest BCUT2D eigenvalue weighted by Crippen LogP contribution is 2.17. The highest BCUT2D eigenvalue weighted by Gasteiger charge is 2.16. The zero-order valence-electron chi connectivity index (χ0n) is 14.8. The normalized spacial score (nSPS) is 15.8. The van der Waals surface area contributed by atoms with Gasteiger partial charge >= 0.3 is 0 Å². The van der Waals surface area contributed by atoms with Crippen LogP contribution < -0.4 is 10.6 Å². The van der Waals surface area contributed by atoms with Crippen LogP contribution in [0.3, 0.4) is 0 Å². The molecule has 2 N–H and O–H groups in total. The minimum Gasteiger partial charge on any atom is -0.352 e. The van der Waals surface area contributed by atoms with Gasteiger partial charge in [0.2, 0.25) is 11.8 Å². The predicted molar refractivity (Wildman–Crippen MR) is 96.9 cm³/mol. The van der Waals surface area contributed by atoms with Gasteiger partial charge in [0.15, 0.2) is 0 Å². The number of carbonyl (C=O) groups excluding carboxylic acids is 2. The van der Waals surface area contributed by atoms with E-state index in [4.69, 9.17) is 0 Å². The van der Waals surface area contributed by atoms with Crippen LogP contribution >= 0.6 is 0 Å². The lowest BCUT2D eigenvalue weighted by molar-refractivity contribution is -0.123. The largest absolute Gasteiger partial charge is 0.352 e. The second-order valence-corrected chi connectivity index (χ2v) is 6.84. The quantitative estimate of drug-likeness (QED) is 0.788. The van der Waals surface area contributed by atoms with Crippen molar-refractivity contribution in [2.45, 2.75) is 51.5 Å². The summed E-state index contributed by atoms with van der Waals surface area (Å²) in [6.07, 6.45) is 7.07. The first kappa shape index (κ1) is 18.5. The van der Waals surface area contributed by atoms with Gasteiger partial charge in [0.25, 0.3) is 0 Å². The second kappa shape index (κ2) is 9.42. The zero-order chi connectivity index (χ0) is 17.4. The Morgan fingerprint density at radius 1 is 1.00 bits per heavy atom. The molecule has 5 nitrogen and oxygen atoms in total. The first-order chi connectivity index (χ1) is 11.5. The molecule has 0 unspecified atom stereocenters. The molecule has 0 saturated heterocycles. The van der Waals surface area contributed by atoms with Crippen molar-refractivity contribution in [2.24, 2.45) is 0 Å². The van der Waals surface area contributed by atoms with Gasteiger partial charge in [-0.2, -0.15) is 0 Å². The fourth-order valence-corrected chi connectivity index (χ4v) is 3.08. The maximum absolute atomic E-state index is 12.1. The predicted octanol–water partition coefficient (Wildman–Crippen LogP) is 2.70. The molecule has 132 valence electrons. The number of rotatable bonds is 6. The van der Waals surface area contributed by atoms with E-state index in [1.54, 1.807) is 11.9 Å². The van der Waals surface area contributed by atoms with Crippen molar-refractivity contribution in [1.29, 1.82) is 0 Å². The maximum atomic E-state index is 12.1. The zero-order valence-corrected chi connectivity index (χ0v) is 14.8. The van der Waals surface area contributed by atoms with Gasteiger partial charge in [0, 0.05) is 11.7 Å². The van der Waals surface area contributed by atoms with Crippen LogP contribution in [-0.4, -0.2) is 42.9 Å². The fraction of sp³-hybridized carbons (Fsp3) is 0.579. The van der Waals surface area contributed by atoms with E-state index in [0.717, 1.165) is 24.1 Å². The molecule has 2 amide bonds. The van der Waals surface area contributed by atoms with Gasteiger partial charge in [-0.05, 0) is 38.9 Å². The molecule has 1 aliphatic rings. The van der Waals surface area contributed by atoms with Gasteiger partial charge in [-0.15, -0.1) is 0 Å². The lowest BCUT2D eigenvalue weighted by Crippen LogP contribution is -2.42. The third-order valence-electron chi connectivity index (χ3n) is 4.38. The van der Waals surface area contributed by atoms with Crippen molar-refractivity contribution in [2.75, 3.05) is 25.5 Å². The average Bonchev–Trinajstić information content (AvgIpc) is 2.77. The van der Waals surface area contributed by atoms with Crippen molar-refractivity contribution >= 4 is 17.5 Å². The first-order valence-corrected chi connectivity index (χ1v) is 8.87. The Morgan fingerprint density at radius 2 is 1.58 bits per heavy atom. The van der Waals surface area contributed by atoms with Crippen LogP contribution in [0.15, 0.2) is 24.3 Å². The third kappa shape index (κ3) is 6.71. The molecule has 0 heterocycles. The van der Waals surface area contributed by atoms with E-state index in [1.807, 2.05) is 31.2 Å². The number of nitrogens with zero attached hydrogens (tertiary/aromatic N) is 1. The molecule has 24 heavy (non-hydrogen) atoms. The Balaban J connectivity index is 1.71. The minimum atomic E-state index is -0.108. The van der Waals surface area contributed by atoms with E-state index in [1.165, 1.54) is 25.7 Å². The summed E-state index contributed by atoms with van der Waals surface area (Å²) in [5.41, 5.74) is 1.93. The van der Waals surface area contributed by atoms with Crippen LogP contribution in [-0.2, 0) is 9.59 Å². The smallest absolute Gasteiger partial charge is 0.238 e. The Hall–Kier alpha value is -1.88. The van der Waals surface area contributed by atoms with Crippen molar-refractivity contribution in [1.82, 2.24) is 10.2 Å². The molecule has 1 aliphatic carbocycles. The van der Waals surface area contributed by atoms with Crippen molar-refractivity contribution in [3.05, 3.63) is 29.8 Å². The van der Waals surface area contributed by atoms with Gasteiger partial charge in [0.1, 0.15) is 0 Å². The van der Waals surface area contributed by atoms with Crippen LogP contribution in [0.4, 0.5) is 5.69 Å². The van der Waals surface area contributed by atoms with Gasteiger partial charge < -0.3 is 10.6 Å². The van der Waals surface area contributed by atoms with E-state index in [0.29, 0.717) is 6.04 Å². The lowest BCUT2D eigenvalue weighted by atomic mass is 10.1. The molecule has 1 fully saturated rings. The summed E-state index contributed by atoms with van der Waals surface area (Å²) in [6, 6.07) is 7.98. The number of anilines is 1. The summed E-state index contributed by atoms with van der Waals surface area (Å²) in [6.45, 7) is 2.45. The van der Waals surface area contributed by atoms with Crippen LogP contribution in [0.25, 0.3) is 0 Å². The van der Waals surface area contributed by atoms with E-state index in [2.05, 4.69) is 10.6 Å². The number of carbonyl (C=O) groups is 2. The summed E-state index contributed by atoms with van der Waals surface area (Å²) < 4.78 is 0. The maximum Gasteiger partial charge on any atom is 0.238 e. The summed E-state index contributed by atoms with van der Waals surface area (Å²) in [5.74, 6) is -0.101. The molecule has 1 saturated carbocycles. The van der Waals surface area contributed by atoms with Gasteiger partial charge in [0.05, 0.1) is 13.1 Å². The Kier molecular flexibility index (Phi) is 7.25. The molecular weight excluding hydrogens is 302 g/mol. The molecule has 0 radical (unpaired) electrons. The molecule has 2 rings (SSSR count). The summed E-state index contributed by atoms with van der Waals surface area (Å²) in [4.78, 5) is 25.9. The molecule has 0 atom stereocenters. The van der Waals surface area contributed by atoms with Gasteiger partial charge in [-0.1, -0.05) is 43.4 Å². The topological polar surface area (TPSA) is 61.4 Å². The minimum absolute atomic E-state index is 0.00698. The third-order valence-corrected chi connectivity index (χ3v) is 4.38. The Bertz CT molecular complexity index is 534. The van der Waals surface area contributed by atoms with Gasteiger partial charge in [-0.25, -0.2) is 0 Å². The first-order valence-electron chi connectivity index (χ1n) is 8.87. The highest BCUT2D eigenvalue weighted by molar-refractivity contribution is 5.92. The highest BCUT2D eigenvalue weighted by atomic mass is 16.2. The molecule has 1 aromatic carbocycles. The fourth-order valence-electron chi connectivity index (χ4n) is 3.08. The Labute approximate surface area is 144 Å². The van der Waals surface area contributed by atoms with Crippen LogP contribution in [0.5, 0.6) is 0 Å². The van der Waals surface area contributed by atoms with E-state index in [-0.39, 0.29) is 24.9 Å². The SMILES string of the molecule is Cc1ccc(NC(=O)CN(C)CC(=O)NC2CCCCCC2)cc1. The van der Waals surface area contributed by atoms with Gasteiger partial charge in [-0.3, -0.25) is 14.5 Å². The van der Waals surface area contributed by atoms with E-state index in [9.17, 15) is 9.59 Å². The van der Waals surface area contributed by atoms with Crippen LogP contribution in [0.1, 0.15) is 44.1 Å². The monoisotopic (exact) mass is 331 g/mol. The van der Waals surface area contributed by atoms with Crippen molar-refractivity contribution in [3.63, 3.8) is 0 Å². The molecule has 0 aromatic heterocycles. The van der Waals surface area contributed by atoms with Crippen molar-refractivity contribution in [3.8, 4) is 0 Å². The summed E-state index contributed by atoms with van der Waals surface area (Å²) >= 11 is 0. The van der Waals surface area contributed by atoms with Crippen molar-refractivity contribution < 1.29 is 9.59 Å². The van der Waals surface area contributed by atoms with Crippen LogP contribution in [0.2, 0.25) is 0 Å². The summed E-state index contributed by atoms with van der Waals surface area (Å²) in [5, 5.41) is 5.96. The number of likely N-dealkylation sites (N-methyl/N-ethyl adjacent to an activating group) is 1. The molecule has 0 spiro atoms. The molecule has 5 heteroatoms. The number of aryl methyl sites for hydroxylation is 1. The molecule has 0 bridgehead atoms. The summed E-state index contributed by atoms with van der Waals surface area (Å²) in [7, 11) is 1.79. The molecular formula is C19H29N3O2. The number of benzene rings is 1. The number of amides is 2. The standard InChI is InChI=1S/C19H29N3O2/c1-15-9-11-17(12-10-15)21-19(24)14-22(2)13-18(23)20-16-7-5-3-4-6-8-16/h9-12,16H,3-8,13-14H2,1-2H3,(H,20,23)(H,21,24). The number of nitrogens with one attached hydrogen (secondary N) is 2. The van der Waals surface area contributed by atoms with E-state index < -0.39 is 0 Å². The van der Waals surface area contributed by atoms with E-state index >= 15 is 0 Å². The average molecular weight is 331 g/mol. The second-order valence-electron chi connectivity index (χ2n) is 6.84. The number of hydrogen-bond donors (Lipinski definition) is 2. The number of hydrogen-bond acceptors (Lipinski definition) is 3. The lowest BCUT2D eigenvalue weighted by Gasteiger charge is -2.20. The van der Waals surface area contributed by atoms with Crippen LogP contribution in [0, 0.1) is 6.92 Å².